The normalized spacial score (nSPS) is 14.5. The van der Waals surface area contributed by atoms with Crippen LogP contribution in [-0.2, 0) is 9.53 Å². The van der Waals surface area contributed by atoms with E-state index in [0.717, 1.165) is 4.90 Å². The van der Waals surface area contributed by atoms with Crippen LogP contribution in [0.15, 0.2) is 42.7 Å². The maximum absolute atomic E-state index is 13.2. The van der Waals surface area contributed by atoms with Crippen molar-refractivity contribution in [2.45, 2.75) is 13.8 Å². The van der Waals surface area contributed by atoms with E-state index in [4.69, 9.17) is 14.2 Å². The average molecular weight is 412 g/mol. The third-order valence-corrected chi connectivity index (χ3v) is 4.45. The van der Waals surface area contributed by atoms with Crippen molar-refractivity contribution in [3.8, 4) is 11.5 Å². The lowest BCUT2D eigenvalue weighted by Gasteiger charge is -2.28. The zero-order chi connectivity index (χ0) is 21.8. The minimum atomic E-state index is -0.724. The molecule has 1 aliphatic rings. The molecule has 30 heavy (non-hydrogen) atoms. The highest BCUT2D eigenvalue weighted by molar-refractivity contribution is 6.41. The largest absolute Gasteiger partial charge is 0.501 e. The van der Waals surface area contributed by atoms with Gasteiger partial charge >= 0.3 is 0 Å². The van der Waals surface area contributed by atoms with E-state index in [9.17, 15) is 19.7 Å². The zero-order valence-corrected chi connectivity index (χ0v) is 16.7. The topological polar surface area (TPSA) is 108 Å². The van der Waals surface area contributed by atoms with Gasteiger partial charge in [0.05, 0.1) is 48.7 Å². The average Bonchev–Trinajstić information content (AvgIpc) is 2.74. The summed E-state index contributed by atoms with van der Waals surface area (Å²) in [6.45, 7) is 4.11. The highest BCUT2D eigenvalue weighted by Gasteiger charge is 2.39. The summed E-state index contributed by atoms with van der Waals surface area (Å²) in [5, 5.41) is 11.7. The minimum absolute atomic E-state index is 0.109. The van der Waals surface area contributed by atoms with Crippen LogP contribution in [0.25, 0.3) is 5.57 Å². The molecule has 2 amide bonds. The molecule has 1 heterocycles. The van der Waals surface area contributed by atoms with Crippen molar-refractivity contribution >= 4 is 28.8 Å². The van der Waals surface area contributed by atoms with Crippen LogP contribution >= 0.6 is 0 Å². The Labute approximate surface area is 172 Å². The second-order valence-electron chi connectivity index (χ2n) is 6.18. The Morgan fingerprint density at radius 1 is 1.00 bits per heavy atom. The van der Waals surface area contributed by atoms with E-state index in [-0.39, 0.29) is 22.6 Å². The summed E-state index contributed by atoms with van der Waals surface area (Å²) in [5.74, 6) is -0.751. The van der Waals surface area contributed by atoms with Crippen molar-refractivity contribution in [3.63, 3.8) is 0 Å². The van der Waals surface area contributed by atoms with Crippen molar-refractivity contribution in [2.75, 3.05) is 25.2 Å². The molecule has 0 spiro atoms. The predicted molar refractivity (Wildman–Crippen MR) is 109 cm³/mol. The standard InChI is InChI=1S/C21H20N2O7/c1-4-29-12-17-15-8-6-13(28-3)10-16(15)20(24)22(21(17)25)18-9-7-14(30-5-2)11-19(18)23(26)27/h6-12H,4-5H2,1-3H3. The third kappa shape index (κ3) is 3.69. The van der Waals surface area contributed by atoms with Crippen LogP contribution in [0, 0.1) is 10.1 Å². The summed E-state index contributed by atoms with van der Waals surface area (Å²) in [7, 11) is 1.45. The second kappa shape index (κ2) is 8.64. The molecule has 0 N–H and O–H groups in total. The molecule has 0 saturated carbocycles. The van der Waals surface area contributed by atoms with Crippen LogP contribution in [0.1, 0.15) is 29.8 Å². The van der Waals surface area contributed by atoms with Crippen LogP contribution < -0.4 is 14.4 Å². The lowest BCUT2D eigenvalue weighted by atomic mass is 9.93. The number of methoxy groups -OCH3 is 1. The van der Waals surface area contributed by atoms with Crippen molar-refractivity contribution in [3.05, 3.63) is 63.9 Å². The number of imide groups is 1. The van der Waals surface area contributed by atoms with Gasteiger partial charge in [-0.15, -0.1) is 0 Å². The number of hydrogen-bond acceptors (Lipinski definition) is 7. The molecular formula is C21H20N2O7. The highest BCUT2D eigenvalue weighted by Crippen LogP contribution is 2.39. The Kier molecular flexibility index (Phi) is 6.01. The van der Waals surface area contributed by atoms with Crippen molar-refractivity contribution in [2.24, 2.45) is 0 Å². The summed E-state index contributed by atoms with van der Waals surface area (Å²) >= 11 is 0. The number of nitrogens with zero attached hydrogens (tertiary/aromatic N) is 2. The first-order valence-electron chi connectivity index (χ1n) is 9.23. The number of rotatable bonds is 7. The molecule has 1 aliphatic heterocycles. The monoisotopic (exact) mass is 412 g/mol. The van der Waals surface area contributed by atoms with Crippen LogP contribution in [-0.4, -0.2) is 37.1 Å². The van der Waals surface area contributed by atoms with Gasteiger partial charge in [-0.25, -0.2) is 4.90 Å². The molecular weight excluding hydrogens is 392 g/mol. The molecule has 0 fully saturated rings. The number of nitro groups is 1. The van der Waals surface area contributed by atoms with Crippen LogP contribution in [0.4, 0.5) is 11.4 Å². The summed E-state index contributed by atoms with van der Waals surface area (Å²) < 4.78 is 15.8. The molecule has 0 bridgehead atoms. The summed E-state index contributed by atoms with van der Waals surface area (Å²) in [6, 6.07) is 8.67. The number of hydrogen-bond donors (Lipinski definition) is 0. The van der Waals surface area contributed by atoms with E-state index >= 15 is 0 Å². The molecule has 2 aromatic carbocycles. The van der Waals surface area contributed by atoms with Crippen LogP contribution in [0.5, 0.6) is 11.5 Å². The van der Waals surface area contributed by atoms with E-state index < -0.39 is 22.4 Å². The SMILES string of the molecule is CCOC=C1C(=O)N(c2ccc(OCC)cc2[N+](=O)[O-])C(=O)c2cc(OC)ccc21. The minimum Gasteiger partial charge on any atom is -0.501 e. The number of nitro benzene ring substituents is 1. The molecule has 9 heteroatoms. The van der Waals surface area contributed by atoms with Gasteiger partial charge in [0.1, 0.15) is 17.2 Å². The molecule has 9 nitrogen and oxygen atoms in total. The number of benzene rings is 2. The molecule has 2 aromatic rings. The zero-order valence-electron chi connectivity index (χ0n) is 16.7. The quantitative estimate of drug-likeness (QED) is 0.225. The van der Waals surface area contributed by atoms with Crippen LogP contribution in [0.2, 0.25) is 0 Å². The smallest absolute Gasteiger partial charge is 0.297 e. The Bertz CT molecular complexity index is 1050. The summed E-state index contributed by atoms with van der Waals surface area (Å²) in [6.07, 6.45) is 1.26. The number of anilines is 1. The Morgan fingerprint density at radius 3 is 2.37 bits per heavy atom. The summed E-state index contributed by atoms with van der Waals surface area (Å²) in [4.78, 5) is 38.2. The van der Waals surface area contributed by atoms with Gasteiger partial charge in [-0.2, -0.15) is 0 Å². The van der Waals surface area contributed by atoms with Crippen molar-refractivity contribution in [1.29, 1.82) is 0 Å². The van der Waals surface area contributed by atoms with Gasteiger partial charge in [-0.1, -0.05) is 0 Å². The second-order valence-corrected chi connectivity index (χ2v) is 6.18. The van der Waals surface area contributed by atoms with Gasteiger partial charge < -0.3 is 14.2 Å². The molecule has 0 aliphatic carbocycles. The van der Waals surface area contributed by atoms with Gasteiger partial charge in [0.25, 0.3) is 17.5 Å². The maximum atomic E-state index is 13.2. The first-order chi connectivity index (χ1) is 14.4. The van der Waals surface area contributed by atoms with Gasteiger partial charge in [-0.05, 0) is 44.2 Å². The lowest BCUT2D eigenvalue weighted by Crippen LogP contribution is -2.42. The number of amides is 2. The van der Waals surface area contributed by atoms with Gasteiger partial charge in [-0.3, -0.25) is 19.7 Å². The molecule has 156 valence electrons. The lowest BCUT2D eigenvalue weighted by molar-refractivity contribution is -0.384. The van der Waals surface area contributed by atoms with Gasteiger partial charge in [0, 0.05) is 5.56 Å². The number of carbonyl (C=O) groups is 2. The highest BCUT2D eigenvalue weighted by atomic mass is 16.6. The molecule has 3 rings (SSSR count). The molecule has 0 unspecified atom stereocenters. The van der Waals surface area contributed by atoms with Crippen LogP contribution in [0.3, 0.4) is 0 Å². The van der Waals surface area contributed by atoms with Gasteiger partial charge in [0.2, 0.25) is 0 Å². The Morgan fingerprint density at radius 2 is 1.73 bits per heavy atom. The number of fused-ring (bicyclic) bond motifs is 1. The fourth-order valence-corrected chi connectivity index (χ4v) is 3.10. The number of carbonyl (C=O) groups excluding carboxylic acids is 2. The molecule has 0 saturated heterocycles. The Balaban J connectivity index is 2.21. The fraction of sp³-hybridized carbons (Fsp3) is 0.238. The maximum Gasteiger partial charge on any atom is 0.297 e. The van der Waals surface area contributed by atoms with Crippen molar-refractivity contribution in [1.82, 2.24) is 0 Å². The fourth-order valence-electron chi connectivity index (χ4n) is 3.10. The Hall–Kier alpha value is -3.88. The van der Waals surface area contributed by atoms with Crippen molar-refractivity contribution < 1.29 is 28.7 Å². The molecule has 0 aromatic heterocycles. The first kappa shape index (κ1) is 20.8. The van der Waals surface area contributed by atoms with E-state index in [1.54, 1.807) is 26.0 Å². The third-order valence-electron chi connectivity index (χ3n) is 4.45. The molecule has 0 radical (unpaired) electrons. The van der Waals surface area contributed by atoms with Gasteiger partial charge in [0.15, 0.2) is 0 Å². The first-order valence-corrected chi connectivity index (χ1v) is 9.23. The molecule has 0 atom stereocenters. The number of ether oxygens (including phenoxy) is 3. The summed E-state index contributed by atoms with van der Waals surface area (Å²) in [5.41, 5.74) is 0.0588. The van der Waals surface area contributed by atoms with E-state index in [2.05, 4.69) is 0 Å². The van der Waals surface area contributed by atoms with E-state index in [1.165, 1.54) is 37.6 Å². The predicted octanol–water partition coefficient (Wildman–Crippen LogP) is 3.57. The van der Waals surface area contributed by atoms with E-state index in [0.29, 0.717) is 24.5 Å². The van der Waals surface area contributed by atoms with E-state index in [1.807, 2.05) is 0 Å².